The first-order valence-corrected chi connectivity index (χ1v) is 4.85. The minimum Gasteiger partial charge on any atom is -0.481 e. The summed E-state index contributed by atoms with van der Waals surface area (Å²) < 4.78 is 23.5. The fourth-order valence-electron chi connectivity index (χ4n) is 1.66. The molecule has 0 bridgehead atoms. The van der Waals surface area contributed by atoms with Gasteiger partial charge in [0.15, 0.2) is 6.79 Å². The molecule has 1 aromatic carbocycles. The zero-order chi connectivity index (χ0) is 11.7. The third kappa shape index (κ3) is 1.86. The van der Waals surface area contributed by atoms with Gasteiger partial charge in [-0.3, -0.25) is 4.79 Å². The van der Waals surface area contributed by atoms with E-state index in [1.807, 2.05) is 0 Å². The molecule has 2 rings (SSSR count). The number of aliphatic carboxylic acids is 1. The number of hydrogen-bond donors (Lipinski definition) is 1. The van der Waals surface area contributed by atoms with E-state index in [0.717, 1.165) is 0 Å². The SMILES string of the molecule is C[C@H](C(=O)O)c1cc(F)cc2c1OCOC2. The highest BCUT2D eigenvalue weighted by molar-refractivity contribution is 5.77. The Balaban J connectivity index is 2.51. The van der Waals surface area contributed by atoms with E-state index in [0.29, 0.717) is 16.9 Å². The predicted octanol–water partition coefficient (Wildman–Crippen LogP) is 1.88. The lowest BCUT2D eigenvalue weighted by Gasteiger charge is -2.22. The number of halogens is 1. The average molecular weight is 226 g/mol. The summed E-state index contributed by atoms with van der Waals surface area (Å²) in [5, 5.41) is 8.92. The third-order valence-electron chi connectivity index (χ3n) is 2.54. The summed E-state index contributed by atoms with van der Waals surface area (Å²) in [6, 6.07) is 2.50. The number of carboxylic acids is 1. The van der Waals surface area contributed by atoms with Crippen LogP contribution in [-0.2, 0) is 16.1 Å². The van der Waals surface area contributed by atoms with Crippen molar-refractivity contribution < 1.29 is 23.8 Å². The molecule has 1 aliphatic rings. The zero-order valence-corrected chi connectivity index (χ0v) is 8.70. The largest absolute Gasteiger partial charge is 0.481 e. The van der Waals surface area contributed by atoms with E-state index in [1.54, 1.807) is 0 Å². The molecule has 5 heteroatoms. The van der Waals surface area contributed by atoms with E-state index in [9.17, 15) is 9.18 Å². The van der Waals surface area contributed by atoms with E-state index in [4.69, 9.17) is 14.6 Å². The van der Waals surface area contributed by atoms with Gasteiger partial charge >= 0.3 is 5.97 Å². The Morgan fingerprint density at radius 3 is 3.00 bits per heavy atom. The summed E-state index contributed by atoms with van der Waals surface area (Å²) in [7, 11) is 0. The fraction of sp³-hybridized carbons (Fsp3) is 0.364. The first-order valence-electron chi connectivity index (χ1n) is 4.85. The highest BCUT2D eigenvalue weighted by Crippen LogP contribution is 2.34. The average Bonchev–Trinajstić information content (AvgIpc) is 2.26. The van der Waals surface area contributed by atoms with Crippen LogP contribution in [0.2, 0.25) is 0 Å². The summed E-state index contributed by atoms with van der Waals surface area (Å²) >= 11 is 0. The minimum atomic E-state index is -1.01. The Labute approximate surface area is 91.6 Å². The summed E-state index contributed by atoms with van der Waals surface area (Å²) in [6.45, 7) is 1.81. The van der Waals surface area contributed by atoms with Crippen LogP contribution < -0.4 is 4.74 Å². The van der Waals surface area contributed by atoms with Gasteiger partial charge in [0.25, 0.3) is 0 Å². The number of fused-ring (bicyclic) bond motifs is 1. The van der Waals surface area contributed by atoms with E-state index < -0.39 is 17.7 Å². The molecule has 0 amide bonds. The molecular weight excluding hydrogens is 215 g/mol. The minimum absolute atomic E-state index is 0.0674. The second-order valence-corrected chi connectivity index (χ2v) is 3.65. The summed E-state index contributed by atoms with van der Waals surface area (Å²) in [5.41, 5.74) is 0.903. The molecule has 0 aliphatic carbocycles. The smallest absolute Gasteiger partial charge is 0.310 e. The van der Waals surface area contributed by atoms with Gasteiger partial charge in [-0.25, -0.2) is 4.39 Å². The second-order valence-electron chi connectivity index (χ2n) is 3.65. The lowest BCUT2D eigenvalue weighted by Crippen LogP contribution is -2.17. The van der Waals surface area contributed by atoms with Crippen molar-refractivity contribution in [3.63, 3.8) is 0 Å². The van der Waals surface area contributed by atoms with Crippen molar-refractivity contribution in [2.45, 2.75) is 19.4 Å². The Hall–Kier alpha value is -1.62. The van der Waals surface area contributed by atoms with Crippen molar-refractivity contribution in [2.24, 2.45) is 0 Å². The van der Waals surface area contributed by atoms with Crippen LogP contribution in [0.4, 0.5) is 4.39 Å². The number of ether oxygens (including phenoxy) is 2. The number of carboxylic acid groups (broad SMARTS) is 1. The van der Waals surface area contributed by atoms with E-state index in [2.05, 4.69) is 0 Å². The first kappa shape index (κ1) is 10.9. The maximum Gasteiger partial charge on any atom is 0.310 e. The van der Waals surface area contributed by atoms with E-state index in [-0.39, 0.29) is 13.4 Å². The molecule has 16 heavy (non-hydrogen) atoms. The van der Waals surface area contributed by atoms with Crippen LogP contribution in [0.25, 0.3) is 0 Å². The van der Waals surface area contributed by atoms with Crippen molar-refractivity contribution in [1.29, 1.82) is 0 Å². The Morgan fingerprint density at radius 2 is 2.31 bits per heavy atom. The second kappa shape index (κ2) is 4.09. The molecule has 0 radical (unpaired) electrons. The number of hydrogen-bond acceptors (Lipinski definition) is 3. The molecule has 0 unspecified atom stereocenters. The molecule has 1 aliphatic heterocycles. The molecule has 1 aromatic rings. The van der Waals surface area contributed by atoms with Crippen LogP contribution in [0.1, 0.15) is 24.0 Å². The molecule has 0 spiro atoms. The highest BCUT2D eigenvalue weighted by Gasteiger charge is 2.24. The molecule has 1 N–H and O–H groups in total. The van der Waals surface area contributed by atoms with Crippen LogP contribution >= 0.6 is 0 Å². The molecule has 0 aromatic heterocycles. The predicted molar refractivity (Wildman–Crippen MR) is 52.7 cm³/mol. The summed E-state index contributed by atoms with van der Waals surface area (Å²) in [4.78, 5) is 10.9. The maximum atomic E-state index is 13.3. The van der Waals surface area contributed by atoms with E-state index >= 15 is 0 Å². The van der Waals surface area contributed by atoms with Crippen molar-refractivity contribution in [3.05, 3.63) is 29.1 Å². The summed E-state index contributed by atoms with van der Waals surface area (Å²) in [5.74, 6) is -1.86. The van der Waals surface area contributed by atoms with Gasteiger partial charge in [0.2, 0.25) is 0 Å². The Kier molecular flexibility index (Phi) is 2.78. The molecular formula is C11H11FO4. The highest BCUT2D eigenvalue weighted by atomic mass is 19.1. The van der Waals surface area contributed by atoms with Crippen molar-refractivity contribution in [3.8, 4) is 5.75 Å². The van der Waals surface area contributed by atoms with Gasteiger partial charge in [-0.2, -0.15) is 0 Å². The monoisotopic (exact) mass is 226 g/mol. The molecule has 4 nitrogen and oxygen atoms in total. The van der Waals surface area contributed by atoms with Gasteiger partial charge in [-0.05, 0) is 19.1 Å². The topological polar surface area (TPSA) is 55.8 Å². The molecule has 1 atom stereocenters. The maximum absolute atomic E-state index is 13.3. The molecule has 0 saturated heterocycles. The lowest BCUT2D eigenvalue weighted by atomic mass is 9.97. The van der Waals surface area contributed by atoms with Gasteiger partial charge < -0.3 is 14.6 Å². The van der Waals surface area contributed by atoms with Gasteiger partial charge in [-0.1, -0.05) is 0 Å². The molecule has 86 valence electrons. The van der Waals surface area contributed by atoms with Crippen molar-refractivity contribution >= 4 is 5.97 Å². The number of carbonyl (C=O) groups is 1. The van der Waals surface area contributed by atoms with Gasteiger partial charge in [0.1, 0.15) is 11.6 Å². The first-order chi connectivity index (χ1) is 7.59. The van der Waals surface area contributed by atoms with Crippen molar-refractivity contribution in [1.82, 2.24) is 0 Å². The fourth-order valence-corrected chi connectivity index (χ4v) is 1.66. The standard InChI is InChI=1S/C11H11FO4/c1-6(11(13)14)9-3-8(12)2-7-4-15-5-16-10(7)9/h2-3,6H,4-5H2,1H3,(H,13,14)/t6-/m0/s1. The van der Waals surface area contributed by atoms with E-state index in [1.165, 1.54) is 19.1 Å². The van der Waals surface area contributed by atoms with Gasteiger partial charge in [0, 0.05) is 11.1 Å². The van der Waals surface area contributed by atoms with Crippen LogP contribution in [0.5, 0.6) is 5.75 Å². The Bertz CT molecular complexity index is 430. The van der Waals surface area contributed by atoms with Crippen LogP contribution in [-0.4, -0.2) is 17.9 Å². The third-order valence-corrected chi connectivity index (χ3v) is 2.54. The van der Waals surface area contributed by atoms with Crippen LogP contribution in [0, 0.1) is 5.82 Å². The molecule has 0 fully saturated rings. The molecule has 0 saturated carbocycles. The van der Waals surface area contributed by atoms with Crippen LogP contribution in [0.3, 0.4) is 0 Å². The number of benzene rings is 1. The lowest BCUT2D eigenvalue weighted by molar-refractivity contribution is -0.138. The van der Waals surface area contributed by atoms with Crippen LogP contribution in [0.15, 0.2) is 12.1 Å². The van der Waals surface area contributed by atoms with Gasteiger partial charge in [-0.15, -0.1) is 0 Å². The van der Waals surface area contributed by atoms with Gasteiger partial charge in [0.05, 0.1) is 12.5 Å². The summed E-state index contributed by atoms with van der Waals surface area (Å²) in [6.07, 6.45) is 0. The number of rotatable bonds is 2. The zero-order valence-electron chi connectivity index (χ0n) is 8.70. The quantitative estimate of drug-likeness (QED) is 0.836. The Morgan fingerprint density at radius 1 is 1.56 bits per heavy atom. The normalized spacial score (nSPS) is 16.1. The van der Waals surface area contributed by atoms with Crippen molar-refractivity contribution in [2.75, 3.05) is 6.79 Å². The molecule has 1 heterocycles.